The summed E-state index contributed by atoms with van der Waals surface area (Å²) in [6.07, 6.45) is 3.85. The molecule has 0 aromatic carbocycles. The van der Waals surface area contributed by atoms with Gasteiger partial charge in [-0.05, 0) is 33.3 Å². The molecular weight excluding hydrogens is 150 g/mol. The predicted octanol–water partition coefficient (Wildman–Crippen LogP) is 2.36. The normalized spacial score (nSPS) is 26.9. The second-order valence-electron chi connectivity index (χ2n) is 4.33. The van der Waals surface area contributed by atoms with Crippen LogP contribution in [0.5, 0.6) is 0 Å². The average Bonchev–Trinajstić information content (AvgIpc) is 2.11. The summed E-state index contributed by atoms with van der Waals surface area (Å²) in [4.78, 5) is 0. The van der Waals surface area contributed by atoms with Gasteiger partial charge in [0.05, 0.1) is 11.1 Å². The van der Waals surface area contributed by atoms with Crippen molar-refractivity contribution in [2.45, 2.75) is 38.8 Å². The van der Waals surface area contributed by atoms with Gasteiger partial charge in [-0.15, -0.1) is 0 Å². The summed E-state index contributed by atoms with van der Waals surface area (Å²) < 4.78 is 0. The summed E-state index contributed by atoms with van der Waals surface area (Å²) in [5.41, 5.74) is 0.480. The summed E-state index contributed by atoms with van der Waals surface area (Å²) in [6, 6.07) is 0. The topological polar surface area (TPSA) is 23.5 Å². The summed E-state index contributed by atoms with van der Waals surface area (Å²) in [5, 5.41) is 11.2. The molecule has 0 spiro atoms. The van der Waals surface area contributed by atoms with Gasteiger partial charge in [0, 0.05) is 0 Å². The molecule has 0 radical (unpaired) electrons. The Morgan fingerprint density at radius 1 is 1.42 bits per heavy atom. The van der Waals surface area contributed by atoms with E-state index in [4.69, 9.17) is 0 Å². The molecule has 0 saturated heterocycles. The van der Waals surface area contributed by atoms with E-state index in [-0.39, 0.29) is 11.1 Å². The third kappa shape index (κ3) is 1.11. The molecule has 0 unspecified atom stereocenters. The molecule has 0 amide bonds. The highest BCUT2D eigenvalue weighted by Crippen LogP contribution is 2.38. The van der Waals surface area contributed by atoms with Gasteiger partial charge in [0.15, 0.2) is 0 Å². The maximum absolute atomic E-state index is 9.82. The van der Waals surface area contributed by atoms with Crippen LogP contribution in [0, 0.1) is 0 Å². The smallest absolute Gasteiger partial charge is 0.0659 e. The molecular formula is C10H17NO. The molecule has 68 valence electrons. The van der Waals surface area contributed by atoms with Crippen LogP contribution in [0.3, 0.4) is 0 Å². The fourth-order valence-electron chi connectivity index (χ4n) is 1.77. The second-order valence-corrected chi connectivity index (χ2v) is 4.33. The van der Waals surface area contributed by atoms with Gasteiger partial charge in [-0.2, -0.15) is 5.06 Å². The summed E-state index contributed by atoms with van der Waals surface area (Å²) in [5.74, 6) is 0. The Kier molecular flexibility index (Phi) is 1.93. The third-order valence-electron chi connectivity index (χ3n) is 2.51. The van der Waals surface area contributed by atoms with Crippen LogP contribution in [0.25, 0.3) is 0 Å². The molecule has 2 heteroatoms. The van der Waals surface area contributed by atoms with Crippen molar-refractivity contribution in [3.63, 3.8) is 0 Å². The minimum atomic E-state index is -0.314. The minimum absolute atomic E-state index is 0.285. The van der Waals surface area contributed by atoms with Crippen molar-refractivity contribution in [2.24, 2.45) is 0 Å². The second kappa shape index (κ2) is 2.44. The lowest BCUT2D eigenvalue weighted by atomic mass is 9.97. The Labute approximate surface area is 74.1 Å². The van der Waals surface area contributed by atoms with E-state index >= 15 is 0 Å². The number of nitrogens with zero attached hydrogens (tertiary/aromatic N) is 1. The van der Waals surface area contributed by atoms with Gasteiger partial charge in [-0.1, -0.05) is 18.7 Å². The Hall–Kier alpha value is -0.600. The van der Waals surface area contributed by atoms with E-state index in [0.29, 0.717) is 0 Å². The van der Waals surface area contributed by atoms with E-state index in [9.17, 15) is 5.21 Å². The molecule has 1 rings (SSSR count). The van der Waals surface area contributed by atoms with Gasteiger partial charge < -0.3 is 5.21 Å². The highest BCUT2D eigenvalue weighted by Gasteiger charge is 2.43. The number of hydroxylamine groups is 2. The van der Waals surface area contributed by atoms with E-state index in [0.717, 1.165) is 5.57 Å². The first kappa shape index (κ1) is 9.49. The molecule has 1 aliphatic rings. The fraction of sp³-hybridized carbons (Fsp3) is 0.600. The Morgan fingerprint density at radius 2 is 1.92 bits per heavy atom. The van der Waals surface area contributed by atoms with Crippen LogP contribution in [0.2, 0.25) is 0 Å². The van der Waals surface area contributed by atoms with Crippen LogP contribution in [0.15, 0.2) is 24.3 Å². The van der Waals surface area contributed by atoms with Crippen molar-refractivity contribution in [3.8, 4) is 0 Å². The summed E-state index contributed by atoms with van der Waals surface area (Å²) in [7, 11) is 0. The highest BCUT2D eigenvalue weighted by molar-refractivity contribution is 5.36. The van der Waals surface area contributed by atoms with Gasteiger partial charge in [-0.3, -0.25) is 0 Å². The lowest BCUT2D eigenvalue weighted by Gasteiger charge is -2.35. The van der Waals surface area contributed by atoms with Gasteiger partial charge in [0.25, 0.3) is 0 Å². The quantitative estimate of drug-likeness (QED) is 0.648. The van der Waals surface area contributed by atoms with Gasteiger partial charge in [0.2, 0.25) is 0 Å². The van der Waals surface area contributed by atoms with Crippen LogP contribution in [0.4, 0.5) is 0 Å². The molecule has 0 bridgehead atoms. The van der Waals surface area contributed by atoms with Crippen LogP contribution in [-0.4, -0.2) is 21.3 Å². The molecule has 0 atom stereocenters. The summed E-state index contributed by atoms with van der Waals surface area (Å²) >= 11 is 0. The van der Waals surface area contributed by atoms with Crippen molar-refractivity contribution >= 4 is 0 Å². The number of hydrogen-bond acceptors (Lipinski definition) is 2. The maximum atomic E-state index is 9.82. The predicted molar refractivity (Wildman–Crippen MR) is 50.1 cm³/mol. The highest BCUT2D eigenvalue weighted by atomic mass is 16.5. The molecule has 2 nitrogen and oxygen atoms in total. The summed E-state index contributed by atoms with van der Waals surface area (Å²) in [6.45, 7) is 11.6. The SMILES string of the molecule is C=CC1=CC(C)(C)N(O)C1(C)C. The van der Waals surface area contributed by atoms with Gasteiger partial charge in [-0.25, -0.2) is 0 Å². The largest absolute Gasteiger partial charge is 0.312 e. The van der Waals surface area contributed by atoms with Crippen molar-refractivity contribution < 1.29 is 5.21 Å². The number of hydrogen-bond donors (Lipinski definition) is 1. The van der Waals surface area contributed by atoms with E-state index in [1.807, 2.05) is 33.8 Å². The molecule has 0 aromatic rings. The maximum Gasteiger partial charge on any atom is 0.0659 e. The van der Waals surface area contributed by atoms with E-state index in [1.54, 1.807) is 6.08 Å². The lowest BCUT2D eigenvalue weighted by molar-refractivity contribution is -0.184. The molecule has 1 aliphatic heterocycles. The fourth-order valence-corrected chi connectivity index (χ4v) is 1.77. The van der Waals surface area contributed by atoms with Crippen LogP contribution in [0.1, 0.15) is 27.7 Å². The van der Waals surface area contributed by atoms with E-state index < -0.39 is 0 Å². The molecule has 12 heavy (non-hydrogen) atoms. The average molecular weight is 167 g/mol. The van der Waals surface area contributed by atoms with Crippen LogP contribution < -0.4 is 0 Å². The van der Waals surface area contributed by atoms with Crippen molar-refractivity contribution in [1.82, 2.24) is 5.06 Å². The van der Waals surface area contributed by atoms with Crippen LogP contribution >= 0.6 is 0 Å². The van der Waals surface area contributed by atoms with E-state index in [1.165, 1.54) is 5.06 Å². The van der Waals surface area contributed by atoms with Gasteiger partial charge in [0.1, 0.15) is 0 Å². The molecule has 1 N–H and O–H groups in total. The number of rotatable bonds is 1. The van der Waals surface area contributed by atoms with Crippen LogP contribution in [-0.2, 0) is 0 Å². The first-order valence-corrected chi connectivity index (χ1v) is 4.17. The lowest BCUT2D eigenvalue weighted by Crippen LogP contribution is -2.47. The minimum Gasteiger partial charge on any atom is -0.312 e. The Morgan fingerprint density at radius 3 is 2.08 bits per heavy atom. The Balaban J connectivity index is 3.12. The molecule has 0 saturated carbocycles. The van der Waals surface area contributed by atoms with Gasteiger partial charge >= 0.3 is 0 Å². The van der Waals surface area contributed by atoms with Crippen molar-refractivity contribution in [1.29, 1.82) is 0 Å². The standard InChI is InChI=1S/C10H17NO/c1-6-8-7-9(2,3)11(12)10(8,4)5/h6-7,12H,1H2,2-5H3. The molecule has 1 heterocycles. The Bertz CT molecular complexity index is 238. The van der Waals surface area contributed by atoms with Crippen molar-refractivity contribution in [3.05, 3.63) is 24.3 Å². The first-order chi connectivity index (χ1) is 5.32. The van der Waals surface area contributed by atoms with Crippen molar-refractivity contribution in [2.75, 3.05) is 0 Å². The molecule has 0 aliphatic carbocycles. The zero-order valence-corrected chi connectivity index (χ0v) is 8.26. The zero-order valence-electron chi connectivity index (χ0n) is 8.26. The molecule has 0 aromatic heterocycles. The first-order valence-electron chi connectivity index (χ1n) is 4.17. The molecule has 0 fully saturated rings. The van der Waals surface area contributed by atoms with E-state index in [2.05, 4.69) is 6.58 Å². The third-order valence-corrected chi connectivity index (χ3v) is 2.51. The zero-order chi connectivity index (χ0) is 9.57. The monoisotopic (exact) mass is 167 g/mol.